The predicted molar refractivity (Wildman–Crippen MR) is 103 cm³/mol. The molecule has 7 nitrogen and oxygen atoms in total. The average molecular weight is 388 g/mol. The van der Waals surface area contributed by atoms with Gasteiger partial charge in [0.25, 0.3) is 5.91 Å². The van der Waals surface area contributed by atoms with E-state index in [1.807, 2.05) is 6.07 Å². The van der Waals surface area contributed by atoms with Crippen LogP contribution in [-0.4, -0.2) is 27.2 Å². The van der Waals surface area contributed by atoms with Gasteiger partial charge in [-0.1, -0.05) is 11.6 Å². The zero-order valence-corrected chi connectivity index (χ0v) is 15.8. The van der Waals surface area contributed by atoms with Gasteiger partial charge in [-0.15, -0.1) is 0 Å². The van der Waals surface area contributed by atoms with Crippen LogP contribution in [-0.2, 0) is 4.79 Å². The summed E-state index contributed by atoms with van der Waals surface area (Å²) in [7, 11) is 4.52. The molecule has 0 bridgehead atoms. The number of halogens is 1. The number of methoxy groups -OCH3 is 3. The molecule has 0 fully saturated rings. The second kappa shape index (κ2) is 9.36. The van der Waals surface area contributed by atoms with Crippen LogP contribution in [0.2, 0.25) is 5.02 Å². The molecule has 0 saturated carbocycles. The van der Waals surface area contributed by atoms with E-state index in [0.29, 0.717) is 33.6 Å². The van der Waals surface area contributed by atoms with E-state index in [1.54, 1.807) is 30.3 Å². The van der Waals surface area contributed by atoms with Gasteiger partial charge < -0.3 is 24.8 Å². The van der Waals surface area contributed by atoms with Crippen molar-refractivity contribution < 1.29 is 19.0 Å². The number of nitrogens with one attached hydrogen (secondary N) is 2. The fourth-order valence-corrected chi connectivity index (χ4v) is 2.37. The summed E-state index contributed by atoms with van der Waals surface area (Å²) in [5, 5.41) is 15.2. The third-order valence-corrected chi connectivity index (χ3v) is 3.79. The summed E-state index contributed by atoms with van der Waals surface area (Å²) in [5.74, 6) is 0.930. The molecule has 0 aliphatic heterocycles. The molecule has 140 valence electrons. The number of rotatable bonds is 7. The fraction of sp³-hybridized carbons (Fsp3) is 0.158. The number of ether oxygens (including phenoxy) is 3. The summed E-state index contributed by atoms with van der Waals surface area (Å²) in [6, 6.07) is 11.8. The van der Waals surface area contributed by atoms with Gasteiger partial charge >= 0.3 is 0 Å². The van der Waals surface area contributed by atoms with Gasteiger partial charge in [-0.2, -0.15) is 5.26 Å². The SMILES string of the molecule is COc1ccc(OC)c(N/C=C(/C#N)C(=O)Nc2cc(Cl)ccc2OC)c1. The van der Waals surface area contributed by atoms with Crippen LogP contribution in [0, 0.1) is 11.3 Å². The first-order valence-electron chi connectivity index (χ1n) is 7.76. The Bertz CT molecular complexity index is 906. The summed E-state index contributed by atoms with van der Waals surface area (Å²) in [6.07, 6.45) is 1.28. The molecule has 2 rings (SSSR count). The topological polar surface area (TPSA) is 92.6 Å². The Labute approximate surface area is 162 Å². The summed E-state index contributed by atoms with van der Waals surface area (Å²) in [4.78, 5) is 12.4. The Morgan fingerprint density at radius 3 is 2.33 bits per heavy atom. The van der Waals surface area contributed by atoms with E-state index in [2.05, 4.69) is 10.6 Å². The number of carbonyl (C=O) groups excluding carboxylic acids is 1. The molecular weight excluding hydrogens is 370 g/mol. The highest BCUT2D eigenvalue weighted by Crippen LogP contribution is 2.30. The van der Waals surface area contributed by atoms with Crippen LogP contribution in [0.4, 0.5) is 11.4 Å². The van der Waals surface area contributed by atoms with Gasteiger partial charge in [-0.05, 0) is 30.3 Å². The number of hydrogen-bond acceptors (Lipinski definition) is 6. The Morgan fingerprint density at radius 2 is 1.70 bits per heavy atom. The number of nitriles is 1. The minimum atomic E-state index is -0.618. The van der Waals surface area contributed by atoms with Gasteiger partial charge in [0.1, 0.15) is 28.9 Å². The number of nitrogens with zero attached hydrogens (tertiary/aromatic N) is 1. The molecule has 2 N–H and O–H groups in total. The summed E-state index contributed by atoms with van der Waals surface area (Å²) >= 11 is 5.95. The molecule has 0 unspecified atom stereocenters. The maximum Gasteiger partial charge on any atom is 0.267 e. The molecule has 0 aliphatic carbocycles. The van der Waals surface area contributed by atoms with Crippen LogP contribution in [0.3, 0.4) is 0 Å². The van der Waals surface area contributed by atoms with Crippen LogP contribution < -0.4 is 24.8 Å². The second-order valence-corrected chi connectivity index (χ2v) is 5.62. The number of amides is 1. The smallest absolute Gasteiger partial charge is 0.267 e. The Balaban J connectivity index is 2.23. The lowest BCUT2D eigenvalue weighted by atomic mass is 10.2. The molecule has 8 heteroatoms. The van der Waals surface area contributed by atoms with Gasteiger partial charge in [0.2, 0.25) is 0 Å². The second-order valence-electron chi connectivity index (χ2n) is 5.18. The zero-order chi connectivity index (χ0) is 19.8. The summed E-state index contributed by atoms with van der Waals surface area (Å²) < 4.78 is 15.6. The fourth-order valence-electron chi connectivity index (χ4n) is 2.19. The van der Waals surface area contributed by atoms with E-state index in [1.165, 1.54) is 33.6 Å². The number of benzene rings is 2. The van der Waals surface area contributed by atoms with Gasteiger partial charge in [0, 0.05) is 17.3 Å². The zero-order valence-electron chi connectivity index (χ0n) is 15.0. The highest BCUT2D eigenvalue weighted by molar-refractivity contribution is 6.31. The number of anilines is 2. The van der Waals surface area contributed by atoms with Crippen molar-refractivity contribution in [2.75, 3.05) is 32.0 Å². The summed E-state index contributed by atoms with van der Waals surface area (Å²) in [6.45, 7) is 0. The highest BCUT2D eigenvalue weighted by atomic mass is 35.5. The monoisotopic (exact) mass is 387 g/mol. The van der Waals surface area contributed by atoms with Gasteiger partial charge in [0.05, 0.1) is 32.7 Å². The first-order valence-corrected chi connectivity index (χ1v) is 8.14. The maximum atomic E-state index is 12.4. The molecular formula is C19H18ClN3O4. The molecule has 0 saturated heterocycles. The van der Waals surface area contributed by atoms with Crippen molar-refractivity contribution in [1.29, 1.82) is 5.26 Å². The van der Waals surface area contributed by atoms with E-state index in [4.69, 9.17) is 25.8 Å². The molecule has 0 aliphatic rings. The Hall–Kier alpha value is -3.37. The van der Waals surface area contributed by atoms with Gasteiger partial charge in [0.15, 0.2) is 0 Å². The van der Waals surface area contributed by atoms with Gasteiger partial charge in [-0.3, -0.25) is 4.79 Å². The Kier molecular flexibility index (Phi) is 6.92. The van der Waals surface area contributed by atoms with E-state index in [-0.39, 0.29) is 5.57 Å². The van der Waals surface area contributed by atoms with Crippen LogP contribution in [0.1, 0.15) is 0 Å². The molecule has 1 amide bonds. The molecule has 2 aromatic carbocycles. The van der Waals surface area contributed by atoms with Crippen molar-refractivity contribution in [3.8, 4) is 23.3 Å². The number of carbonyl (C=O) groups is 1. The van der Waals surface area contributed by atoms with Crippen LogP contribution in [0.25, 0.3) is 0 Å². The van der Waals surface area contributed by atoms with Crippen molar-refractivity contribution >= 4 is 28.9 Å². The minimum Gasteiger partial charge on any atom is -0.497 e. The molecule has 0 aromatic heterocycles. The average Bonchev–Trinajstić information content (AvgIpc) is 2.68. The Morgan fingerprint density at radius 1 is 1.04 bits per heavy atom. The lowest BCUT2D eigenvalue weighted by Crippen LogP contribution is -2.15. The maximum absolute atomic E-state index is 12.4. The van der Waals surface area contributed by atoms with Crippen LogP contribution in [0.5, 0.6) is 17.2 Å². The molecule has 0 atom stereocenters. The third-order valence-electron chi connectivity index (χ3n) is 3.55. The van der Waals surface area contributed by atoms with Crippen molar-refractivity contribution in [3.63, 3.8) is 0 Å². The molecule has 0 heterocycles. The lowest BCUT2D eigenvalue weighted by Gasteiger charge is -2.12. The third kappa shape index (κ3) is 5.06. The summed E-state index contributed by atoms with van der Waals surface area (Å²) in [5.41, 5.74) is 0.745. The predicted octanol–water partition coefficient (Wildman–Crippen LogP) is 3.82. The molecule has 0 spiro atoms. The van der Waals surface area contributed by atoms with Crippen molar-refractivity contribution in [2.45, 2.75) is 0 Å². The highest BCUT2D eigenvalue weighted by Gasteiger charge is 2.13. The van der Waals surface area contributed by atoms with E-state index in [0.717, 1.165) is 0 Å². The molecule has 2 aromatic rings. The van der Waals surface area contributed by atoms with Gasteiger partial charge in [-0.25, -0.2) is 0 Å². The van der Waals surface area contributed by atoms with E-state index < -0.39 is 5.91 Å². The normalized spacial score (nSPS) is 10.6. The van der Waals surface area contributed by atoms with Crippen LogP contribution in [0.15, 0.2) is 48.2 Å². The van der Waals surface area contributed by atoms with Crippen molar-refractivity contribution in [3.05, 3.63) is 53.2 Å². The first kappa shape index (κ1) is 19.9. The van der Waals surface area contributed by atoms with E-state index in [9.17, 15) is 10.1 Å². The van der Waals surface area contributed by atoms with E-state index >= 15 is 0 Å². The van der Waals surface area contributed by atoms with Crippen molar-refractivity contribution in [1.82, 2.24) is 0 Å². The quantitative estimate of drug-likeness (QED) is 0.554. The largest absolute Gasteiger partial charge is 0.497 e. The standard InChI is InChI=1S/C19H18ClN3O4/c1-25-14-5-7-17(26-2)15(9-14)22-11-12(10-21)19(24)23-16-8-13(20)4-6-18(16)27-3/h4-9,11,22H,1-3H3,(H,23,24)/b12-11-. The number of hydrogen-bond donors (Lipinski definition) is 2. The minimum absolute atomic E-state index is 0.151. The molecule has 27 heavy (non-hydrogen) atoms. The van der Waals surface area contributed by atoms with Crippen LogP contribution >= 0.6 is 11.6 Å². The first-order chi connectivity index (χ1) is 13.0. The van der Waals surface area contributed by atoms with Crippen molar-refractivity contribution in [2.24, 2.45) is 0 Å². The lowest BCUT2D eigenvalue weighted by molar-refractivity contribution is -0.112. The molecule has 0 radical (unpaired) electrons.